The van der Waals surface area contributed by atoms with E-state index < -0.39 is 6.04 Å². The number of hydrogen-bond acceptors (Lipinski definition) is 4. The molecule has 1 aromatic carbocycles. The lowest BCUT2D eigenvalue weighted by Gasteiger charge is -2.31. The molecule has 1 unspecified atom stereocenters. The Morgan fingerprint density at radius 3 is 2.62 bits per heavy atom. The highest BCUT2D eigenvalue weighted by Crippen LogP contribution is 2.36. The van der Waals surface area contributed by atoms with E-state index in [9.17, 15) is 9.59 Å². The van der Waals surface area contributed by atoms with E-state index in [2.05, 4.69) is 5.32 Å². The predicted molar refractivity (Wildman–Crippen MR) is 96.7 cm³/mol. The van der Waals surface area contributed by atoms with Crippen molar-refractivity contribution < 1.29 is 19.1 Å². The SMILES string of the molecule is CCOc1ccc(C2NC(=O)N(C)C3=C2C(=O)N(CCCOC)C3)cc1. The molecule has 3 rings (SSSR count). The number of nitrogens with zero attached hydrogens (tertiary/aromatic N) is 2. The molecule has 2 aliphatic rings. The maximum atomic E-state index is 13.0. The smallest absolute Gasteiger partial charge is 0.322 e. The molecule has 2 aliphatic heterocycles. The van der Waals surface area contributed by atoms with Crippen molar-refractivity contribution in [3.63, 3.8) is 0 Å². The molecule has 1 N–H and O–H groups in total. The van der Waals surface area contributed by atoms with Crippen LogP contribution in [-0.4, -0.2) is 62.2 Å². The fraction of sp³-hybridized carbons (Fsp3) is 0.474. The summed E-state index contributed by atoms with van der Waals surface area (Å²) in [6.45, 7) is 4.18. The second-order valence-corrected chi connectivity index (χ2v) is 6.38. The van der Waals surface area contributed by atoms with Crippen molar-refractivity contribution in [1.82, 2.24) is 15.1 Å². The summed E-state index contributed by atoms with van der Waals surface area (Å²) >= 11 is 0. The fourth-order valence-corrected chi connectivity index (χ4v) is 3.38. The molecule has 0 bridgehead atoms. The van der Waals surface area contributed by atoms with Crippen LogP contribution in [0.5, 0.6) is 5.75 Å². The molecule has 7 heteroatoms. The molecule has 0 radical (unpaired) electrons. The molecule has 1 atom stereocenters. The lowest BCUT2D eigenvalue weighted by atomic mass is 9.95. The average Bonchev–Trinajstić information content (AvgIpc) is 2.97. The Labute approximate surface area is 153 Å². The first kappa shape index (κ1) is 18.3. The second kappa shape index (κ2) is 7.78. The van der Waals surface area contributed by atoms with Crippen molar-refractivity contribution in [2.24, 2.45) is 0 Å². The number of ether oxygens (including phenoxy) is 2. The van der Waals surface area contributed by atoms with Gasteiger partial charge in [0.1, 0.15) is 5.75 Å². The molecule has 140 valence electrons. The van der Waals surface area contributed by atoms with Crippen LogP contribution in [0.4, 0.5) is 4.79 Å². The average molecular weight is 359 g/mol. The van der Waals surface area contributed by atoms with Gasteiger partial charge in [-0.2, -0.15) is 0 Å². The number of amides is 3. The first-order chi connectivity index (χ1) is 12.6. The molecule has 0 spiro atoms. The van der Waals surface area contributed by atoms with Gasteiger partial charge in [0.2, 0.25) is 0 Å². The van der Waals surface area contributed by atoms with Crippen molar-refractivity contribution >= 4 is 11.9 Å². The summed E-state index contributed by atoms with van der Waals surface area (Å²) < 4.78 is 10.5. The minimum absolute atomic E-state index is 0.0261. The Hall–Kier alpha value is -2.54. The lowest BCUT2D eigenvalue weighted by Crippen LogP contribution is -2.45. The van der Waals surface area contributed by atoms with Crippen molar-refractivity contribution in [2.75, 3.05) is 40.5 Å². The number of rotatable bonds is 7. The summed E-state index contributed by atoms with van der Waals surface area (Å²) in [7, 11) is 3.35. The van der Waals surface area contributed by atoms with Crippen LogP contribution >= 0.6 is 0 Å². The zero-order valence-electron chi connectivity index (χ0n) is 15.4. The number of benzene rings is 1. The Kier molecular flexibility index (Phi) is 5.46. The number of likely N-dealkylation sites (N-methyl/N-ethyl adjacent to an activating group) is 1. The van der Waals surface area contributed by atoms with Crippen LogP contribution in [0.1, 0.15) is 24.9 Å². The molecule has 0 aromatic heterocycles. The molecule has 0 saturated heterocycles. The molecule has 0 fully saturated rings. The molecule has 7 nitrogen and oxygen atoms in total. The third-order valence-electron chi connectivity index (χ3n) is 4.74. The number of urea groups is 1. The standard InChI is InChI=1S/C19H25N3O4/c1-4-26-14-8-6-13(7-9-14)17-16-15(21(2)19(24)20-17)12-22(18(16)23)10-5-11-25-3/h6-9,17H,4-5,10-12H2,1-3H3,(H,20,24). The first-order valence-electron chi connectivity index (χ1n) is 8.85. The lowest BCUT2D eigenvalue weighted by molar-refractivity contribution is -0.125. The largest absolute Gasteiger partial charge is 0.494 e. The number of methoxy groups -OCH3 is 1. The topological polar surface area (TPSA) is 71.1 Å². The monoisotopic (exact) mass is 359 g/mol. The number of hydrogen-bond donors (Lipinski definition) is 1. The van der Waals surface area contributed by atoms with E-state index in [0.717, 1.165) is 23.4 Å². The molecule has 2 heterocycles. The molecular formula is C19H25N3O4. The van der Waals surface area contributed by atoms with Crippen LogP contribution in [0.25, 0.3) is 0 Å². The van der Waals surface area contributed by atoms with Crippen molar-refractivity contribution in [2.45, 2.75) is 19.4 Å². The normalized spacial score (nSPS) is 19.7. The van der Waals surface area contributed by atoms with Gasteiger partial charge in [-0.1, -0.05) is 12.1 Å². The van der Waals surface area contributed by atoms with E-state index in [1.807, 2.05) is 31.2 Å². The van der Waals surface area contributed by atoms with E-state index in [1.54, 1.807) is 19.1 Å². The summed E-state index contributed by atoms with van der Waals surface area (Å²) in [6.07, 6.45) is 0.765. The van der Waals surface area contributed by atoms with Gasteiger partial charge in [-0.05, 0) is 31.0 Å². The van der Waals surface area contributed by atoms with Gasteiger partial charge in [0.05, 0.1) is 30.5 Å². The van der Waals surface area contributed by atoms with Crippen LogP contribution < -0.4 is 10.1 Å². The quantitative estimate of drug-likeness (QED) is 0.755. The fourth-order valence-electron chi connectivity index (χ4n) is 3.38. The summed E-state index contributed by atoms with van der Waals surface area (Å²) in [5, 5.41) is 2.94. The highest BCUT2D eigenvalue weighted by Gasteiger charge is 2.42. The maximum absolute atomic E-state index is 13.0. The van der Waals surface area contributed by atoms with Gasteiger partial charge in [0.25, 0.3) is 5.91 Å². The van der Waals surface area contributed by atoms with E-state index >= 15 is 0 Å². The Morgan fingerprint density at radius 1 is 1.23 bits per heavy atom. The van der Waals surface area contributed by atoms with Gasteiger partial charge in [0, 0.05) is 27.3 Å². The molecular weight excluding hydrogens is 334 g/mol. The highest BCUT2D eigenvalue weighted by atomic mass is 16.5. The van der Waals surface area contributed by atoms with Gasteiger partial charge in [-0.15, -0.1) is 0 Å². The molecule has 3 amide bonds. The van der Waals surface area contributed by atoms with Gasteiger partial charge in [-0.3, -0.25) is 9.69 Å². The Morgan fingerprint density at radius 2 is 1.96 bits per heavy atom. The first-order valence-corrected chi connectivity index (χ1v) is 8.85. The summed E-state index contributed by atoms with van der Waals surface area (Å²) in [5.74, 6) is 0.741. The van der Waals surface area contributed by atoms with Crippen LogP contribution in [0.15, 0.2) is 35.5 Å². The number of carbonyl (C=O) groups is 2. The highest BCUT2D eigenvalue weighted by molar-refractivity contribution is 6.01. The van der Waals surface area contributed by atoms with Crippen molar-refractivity contribution in [3.05, 3.63) is 41.1 Å². The summed E-state index contributed by atoms with van der Waals surface area (Å²) in [5.41, 5.74) is 2.29. The Bertz CT molecular complexity index is 714. The third-order valence-corrected chi connectivity index (χ3v) is 4.74. The van der Waals surface area contributed by atoms with Crippen molar-refractivity contribution in [3.8, 4) is 5.75 Å². The van der Waals surface area contributed by atoms with Gasteiger partial charge in [0.15, 0.2) is 0 Å². The summed E-state index contributed by atoms with van der Waals surface area (Å²) in [4.78, 5) is 28.6. The van der Waals surface area contributed by atoms with Crippen LogP contribution in [0.2, 0.25) is 0 Å². The van der Waals surface area contributed by atoms with E-state index in [1.165, 1.54) is 4.90 Å². The minimum Gasteiger partial charge on any atom is -0.494 e. The third kappa shape index (κ3) is 3.39. The maximum Gasteiger partial charge on any atom is 0.322 e. The van der Waals surface area contributed by atoms with Crippen LogP contribution in [-0.2, 0) is 9.53 Å². The number of carbonyl (C=O) groups excluding carboxylic acids is 2. The summed E-state index contributed by atoms with van der Waals surface area (Å²) in [6, 6.07) is 6.87. The molecule has 0 saturated carbocycles. The second-order valence-electron chi connectivity index (χ2n) is 6.38. The van der Waals surface area contributed by atoms with Crippen LogP contribution in [0, 0.1) is 0 Å². The molecule has 26 heavy (non-hydrogen) atoms. The molecule has 1 aromatic rings. The van der Waals surface area contributed by atoms with Crippen LogP contribution in [0.3, 0.4) is 0 Å². The number of nitrogens with one attached hydrogen (secondary N) is 1. The predicted octanol–water partition coefficient (Wildman–Crippen LogP) is 1.91. The zero-order chi connectivity index (χ0) is 18.7. The van der Waals surface area contributed by atoms with Gasteiger partial charge >= 0.3 is 6.03 Å². The molecule has 0 aliphatic carbocycles. The van der Waals surface area contributed by atoms with E-state index in [-0.39, 0.29) is 11.9 Å². The Balaban J connectivity index is 1.86. The van der Waals surface area contributed by atoms with Crippen molar-refractivity contribution in [1.29, 1.82) is 0 Å². The zero-order valence-corrected chi connectivity index (χ0v) is 15.4. The minimum atomic E-state index is -0.440. The van der Waals surface area contributed by atoms with E-state index in [4.69, 9.17) is 9.47 Å². The van der Waals surface area contributed by atoms with Gasteiger partial charge < -0.3 is 19.7 Å². The van der Waals surface area contributed by atoms with E-state index in [0.29, 0.717) is 31.9 Å². The van der Waals surface area contributed by atoms with Gasteiger partial charge in [-0.25, -0.2) is 4.79 Å².